The third-order valence-corrected chi connectivity index (χ3v) is 2.66. The maximum Gasteiger partial charge on any atom is 0.333 e. The summed E-state index contributed by atoms with van der Waals surface area (Å²) in [6.07, 6.45) is 2.23. The van der Waals surface area contributed by atoms with Crippen LogP contribution in [0.25, 0.3) is 0 Å². The quantitative estimate of drug-likeness (QED) is 0.559. The molecule has 1 saturated heterocycles. The van der Waals surface area contributed by atoms with Gasteiger partial charge in [0.1, 0.15) is 6.54 Å². The molecule has 1 aliphatic rings. The van der Waals surface area contributed by atoms with Gasteiger partial charge in [0.2, 0.25) is 0 Å². The maximum absolute atomic E-state index is 11.5. The van der Waals surface area contributed by atoms with E-state index in [1.807, 2.05) is 4.90 Å². The zero-order chi connectivity index (χ0) is 13.7. The molecule has 0 unspecified atom stereocenters. The number of amides is 3. The molecule has 0 aromatic carbocycles. The van der Waals surface area contributed by atoms with E-state index in [1.165, 1.54) is 11.8 Å². The van der Waals surface area contributed by atoms with Gasteiger partial charge in [0, 0.05) is 20.1 Å². The molecule has 19 heavy (non-hydrogen) atoms. The molecule has 3 amide bonds. The highest BCUT2D eigenvalue weighted by atomic mass is 16.2. The van der Waals surface area contributed by atoms with Crippen molar-refractivity contribution < 1.29 is 9.59 Å². The van der Waals surface area contributed by atoms with Gasteiger partial charge < -0.3 is 10.2 Å². The third kappa shape index (κ3) is 3.53. The molecule has 104 valence electrons. The Balaban J connectivity index is 1.82. The number of tetrazole rings is 1. The van der Waals surface area contributed by atoms with E-state index < -0.39 is 11.9 Å². The van der Waals surface area contributed by atoms with Crippen LogP contribution in [-0.4, -0.2) is 52.3 Å². The Labute approximate surface area is 109 Å². The summed E-state index contributed by atoms with van der Waals surface area (Å²) in [4.78, 5) is 25.5. The van der Waals surface area contributed by atoms with Crippen LogP contribution in [0.2, 0.25) is 0 Å². The molecule has 0 spiro atoms. The number of aromatic nitrogens is 4. The van der Waals surface area contributed by atoms with E-state index in [0.29, 0.717) is 5.95 Å². The van der Waals surface area contributed by atoms with Gasteiger partial charge in [-0.2, -0.15) is 4.80 Å². The second-order valence-corrected chi connectivity index (χ2v) is 4.07. The minimum atomic E-state index is -0.502. The SMILES string of the molecule is CNC(=O)NNC(=O)Cn1nnc(N2CCCC2)n1. The first-order chi connectivity index (χ1) is 9.19. The van der Waals surface area contributed by atoms with Crippen molar-refractivity contribution in [1.29, 1.82) is 0 Å². The molecule has 1 aromatic rings. The van der Waals surface area contributed by atoms with E-state index in [2.05, 4.69) is 31.6 Å². The normalized spacial score (nSPS) is 14.3. The van der Waals surface area contributed by atoms with E-state index in [1.54, 1.807) is 0 Å². The summed E-state index contributed by atoms with van der Waals surface area (Å²) in [5, 5.41) is 14.1. The Morgan fingerprint density at radius 1 is 1.26 bits per heavy atom. The number of hydrogen-bond donors (Lipinski definition) is 3. The average molecular weight is 268 g/mol. The van der Waals surface area contributed by atoms with Gasteiger partial charge in [0.05, 0.1) is 0 Å². The van der Waals surface area contributed by atoms with Crippen LogP contribution in [0, 0.1) is 0 Å². The first kappa shape index (κ1) is 13.1. The number of carbonyl (C=O) groups is 2. The van der Waals surface area contributed by atoms with Crippen LogP contribution in [0.1, 0.15) is 12.8 Å². The molecule has 3 N–H and O–H groups in total. The molecule has 10 heteroatoms. The maximum atomic E-state index is 11.5. The van der Waals surface area contributed by atoms with Crippen LogP contribution >= 0.6 is 0 Å². The number of hydrogen-bond acceptors (Lipinski definition) is 6. The molecular weight excluding hydrogens is 252 g/mol. The molecule has 2 heterocycles. The number of nitrogens with one attached hydrogen (secondary N) is 3. The van der Waals surface area contributed by atoms with Crippen molar-refractivity contribution in [2.45, 2.75) is 19.4 Å². The van der Waals surface area contributed by atoms with E-state index in [4.69, 9.17) is 0 Å². The summed E-state index contributed by atoms with van der Waals surface area (Å²) in [5.74, 6) is 0.0959. The Bertz CT molecular complexity index is 453. The number of carbonyl (C=O) groups excluding carboxylic acids is 2. The third-order valence-electron chi connectivity index (χ3n) is 2.66. The lowest BCUT2D eigenvalue weighted by atomic mass is 10.4. The fourth-order valence-electron chi connectivity index (χ4n) is 1.70. The van der Waals surface area contributed by atoms with Crippen molar-refractivity contribution in [1.82, 2.24) is 36.4 Å². The van der Waals surface area contributed by atoms with Gasteiger partial charge in [-0.15, -0.1) is 5.10 Å². The molecule has 0 bridgehead atoms. The molecule has 2 rings (SSSR count). The first-order valence-electron chi connectivity index (χ1n) is 5.98. The molecular formula is C9H16N8O2. The van der Waals surface area contributed by atoms with Crippen molar-refractivity contribution in [3.63, 3.8) is 0 Å². The number of rotatable bonds is 3. The monoisotopic (exact) mass is 268 g/mol. The van der Waals surface area contributed by atoms with Crippen molar-refractivity contribution in [3.8, 4) is 0 Å². The second-order valence-electron chi connectivity index (χ2n) is 4.07. The highest BCUT2D eigenvalue weighted by Gasteiger charge is 2.17. The summed E-state index contributed by atoms with van der Waals surface area (Å²) in [7, 11) is 1.45. The highest BCUT2D eigenvalue weighted by molar-refractivity contribution is 5.80. The second kappa shape index (κ2) is 5.98. The molecule has 0 radical (unpaired) electrons. The van der Waals surface area contributed by atoms with E-state index in [0.717, 1.165) is 25.9 Å². The topological polar surface area (TPSA) is 117 Å². The fraction of sp³-hybridized carbons (Fsp3) is 0.667. The van der Waals surface area contributed by atoms with Crippen molar-refractivity contribution in [3.05, 3.63) is 0 Å². The smallest absolute Gasteiger partial charge is 0.333 e. The predicted molar refractivity (Wildman–Crippen MR) is 65.0 cm³/mol. The molecule has 0 atom stereocenters. The lowest BCUT2D eigenvalue weighted by molar-refractivity contribution is -0.122. The van der Waals surface area contributed by atoms with E-state index >= 15 is 0 Å². The van der Waals surface area contributed by atoms with Crippen LogP contribution < -0.4 is 21.1 Å². The van der Waals surface area contributed by atoms with Gasteiger partial charge in [-0.1, -0.05) is 5.10 Å². The van der Waals surface area contributed by atoms with Gasteiger partial charge in [-0.3, -0.25) is 10.2 Å². The van der Waals surface area contributed by atoms with E-state index in [-0.39, 0.29) is 6.54 Å². The van der Waals surface area contributed by atoms with Crippen LogP contribution in [0.15, 0.2) is 0 Å². The number of hydrazine groups is 1. The minimum Gasteiger partial charge on any atom is -0.340 e. The molecule has 0 aliphatic carbocycles. The van der Waals surface area contributed by atoms with Gasteiger partial charge in [0.25, 0.3) is 11.9 Å². The average Bonchev–Trinajstić information content (AvgIpc) is 3.06. The minimum absolute atomic E-state index is 0.106. The van der Waals surface area contributed by atoms with Crippen LogP contribution in [0.4, 0.5) is 10.7 Å². The highest BCUT2D eigenvalue weighted by Crippen LogP contribution is 2.13. The van der Waals surface area contributed by atoms with Gasteiger partial charge in [-0.25, -0.2) is 10.2 Å². The lowest BCUT2D eigenvalue weighted by Crippen LogP contribution is -2.47. The largest absolute Gasteiger partial charge is 0.340 e. The molecule has 1 aromatic heterocycles. The van der Waals surface area contributed by atoms with Gasteiger partial charge in [0.15, 0.2) is 0 Å². The van der Waals surface area contributed by atoms with Crippen LogP contribution in [-0.2, 0) is 11.3 Å². The predicted octanol–water partition coefficient (Wildman–Crippen LogP) is -1.77. The molecule has 0 saturated carbocycles. The summed E-state index contributed by atoms with van der Waals surface area (Å²) in [6, 6.07) is -0.502. The standard InChI is InChI=1S/C9H16N8O2/c1-10-9(19)13-11-7(18)6-17-14-8(12-15-17)16-4-2-3-5-16/h2-6H2,1H3,(H,11,18)(H2,10,13,19). The van der Waals surface area contributed by atoms with Gasteiger partial charge in [-0.05, 0) is 18.1 Å². The summed E-state index contributed by atoms with van der Waals surface area (Å²) in [5.41, 5.74) is 4.38. The number of urea groups is 1. The number of nitrogens with zero attached hydrogens (tertiary/aromatic N) is 5. The van der Waals surface area contributed by atoms with Crippen LogP contribution in [0.5, 0.6) is 0 Å². The zero-order valence-corrected chi connectivity index (χ0v) is 10.6. The van der Waals surface area contributed by atoms with Crippen molar-refractivity contribution in [2.75, 3.05) is 25.0 Å². The summed E-state index contributed by atoms with van der Waals surface area (Å²) in [6.45, 7) is 1.72. The lowest BCUT2D eigenvalue weighted by Gasteiger charge is -2.10. The Hall–Kier alpha value is -2.39. The fourth-order valence-corrected chi connectivity index (χ4v) is 1.70. The van der Waals surface area contributed by atoms with Crippen molar-refractivity contribution in [2.24, 2.45) is 0 Å². The first-order valence-corrected chi connectivity index (χ1v) is 5.98. The van der Waals surface area contributed by atoms with Crippen LogP contribution in [0.3, 0.4) is 0 Å². The molecule has 10 nitrogen and oxygen atoms in total. The zero-order valence-electron chi connectivity index (χ0n) is 10.6. The summed E-state index contributed by atoms with van der Waals surface area (Å²) < 4.78 is 0. The number of anilines is 1. The Morgan fingerprint density at radius 2 is 2.00 bits per heavy atom. The molecule has 1 fully saturated rings. The van der Waals surface area contributed by atoms with Gasteiger partial charge >= 0.3 is 6.03 Å². The molecule has 1 aliphatic heterocycles. The van der Waals surface area contributed by atoms with Crippen molar-refractivity contribution >= 4 is 17.9 Å². The Kier molecular flexibility index (Phi) is 4.11. The van der Waals surface area contributed by atoms with E-state index in [9.17, 15) is 9.59 Å². The Morgan fingerprint density at radius 3 is 2.68 bits per heavy atom. The summed E-state index contributed by atoms with van der Waals surface area (Å²) >= 11 is 0.